The summed E-state index contributed by atoms with van der Waals surface area (Å²) >= 11 is 0. The van der Waals surface area contributed by atoms with E-state index in [1.54, 1.807) is 44.8 Å². The van der Waals surface area contributed by atoms with Crippen LogP contribution in [0.2, 0.25) is 0 Å². The second kappa shape index (κ2) is 9.17. The molecule has 168 valence electrons. The summed E-state index contributed by atoms with van der Waals surface area (Å²) in [6, 6.07) is 5.88. The standard InChI is InChI=1S/C23H26FN5O3/c1-6-10-29-11-9-18(27-29)26-23(32)21(30)20-14(3)19(15(4)28(20)5)22(31)25-16-7-8-17(24)13(2)12-16/h7-9,11-12H,6,10H2,1-5H3,(H,25,31)(H,26,27,32). The summed E-state index contributed by atoms with van der Waals surface area (Å²) in [6.07, 6.45) is 2.61. The van der Waals surface area contributed by atoms with Crippen LogP contribution in [0, 0.1) is 26.6 Å². The summed E-state index contributed by atoms with van der Waals surface area (Å²) < 4.78 is 16.7. The van der Waals surface area contributed by atoms with Crippen molar-refractivity contribution in [3.8, 4) is 0 Å². The molecule has 1 aromatic carbocycles. The van der Waals surface area contributed by atoms with Crippen LogP contribution in [0.1, 0.15) is 51.0 Å². The maximum absolute atomic E-state index is 13.5. The average Bonchev–Trinajstić information content (AvgIpc) is 3.26. The van der Waals surface area contributed by atoms with Crippen molar-refractivity contribution >= 4 is 29.1 Å². The fraction of sp³-hybridized carbons (Fsp3) is 0.304. The van der Waals surface area contributed by atoms with Crippen LogP contribution in [0.15, 0.2) is 30.5 Å². The first-order valence-electron chi connectivity index (χ1n) is 10.3. The molecule has 0 saturated carbocycles. The molecule has 2 aromatic heterocycles. The van der Waals surface area contributed by atoms with E-state index in [-0.39, 0.29) is 22.9 Å². The molecule has 0 bridgehead atoms. The highest BCUT2D eigenvalue weighted by molar-refractivity contribution is 6.46. The third-order valence-corrected chi connectivity index (χ3v) is 5.33. The molecule has 0 aliphatic carbocycles. The number of nitrogens with zero attached hydrogens (tertiary/aromatic N) is 3. The van der Waals surface area contributed by atoms with Gasteiger partial charge in [-0.25, -0.2) is 4.39 Å². The maximum atomic E-state index is 13.5. The minimum atomic E-state index is -0.837. The molecule has 2 heterocycles. The molecule has 0 unspecified atom stereocenters. The molecule has 0 aliphatic rings. The minimum Gasteiger partial charge on any atom is -0.344 e. The predicted molar refractivity (Wildman–Crippen MR) is 119 cm³/mol. The molecule has 0 radical (unpaired) electrons. The molecular weight excluding hydrogens is 413 g/mol. The Morgan fingerprint density at radius 1 is 1.09 bits per heavy atom. The third-order valence-electron chi connectivity index (χ3n) is 5.33. The first-order chi connectivity index (χ1) is 15.1. The quantitative estimate of drug-likeness (QED) is 0.433. The second-order valence-electron chi connectivity index (χ2n) is 7.66. The van der Waals surface area contributed by atoms with Crippen molar-refractivity contribution in [1.82, 2.24) is 14.3 Å². The molecule has 0 fully saturated rings. The zero-order chi connectivity index (χ0) is 23.6. The molecular formula is C23H26FN5O3. The van der Waals surface area contributed by atoms with E-state index in [9.17, 15) is 18.8 Å². The van der Waals surface area contributed by atoms with Gasteiger partial charge in [-0.1, -0.05) is 6.92 Å². The summed E-state index contributed by atoms with van der Waals surface area (Å²) in [4.78, 5) is 38.4. The van der Waals surface area contributed by atoms with Gasteiger partial charge in [-0.3, -0.25) is 19.1 Å². The second-order valence-corrected chi connectivity index (χ2v) is 7.66. The molecule has 0 spiro atoms. The van der Waals surface area contributed by atoms with Crippen LogP contribution in [0.3, 0.4) is 0 Å². The molecule has 0 aliphatic heterocycles. The van der Waals surface area contributed by atoms with Gasteiger partial charge in [0.15, 0.2) is 5.82 Å². The Bertz CT molecular complexity index is 1210. The van der Waals surface area contributed by atoms with E-state index in [4.69, 9.17) is 0 Å². The summed E-state index contributed by atoms with van der Waals surface area (Å²) in [6.45, 7) is 7.62. The highest BCUT2D eigenvalue weighted by Crippen LogP contribution is 2.24. The number of aromatic nitrogens is 3. The van der Waals surface area contributed by atoms with E-state index in [0.29, 0.717) is 29.1 Å². The van der Waals surface area contributed by atoms with Crippen molar-refractivity contribution in [1.29, 1.82) is 0 Å². The lowest BCUT2D eigenvalue weighted by molar-refractivity contribution is -0.112. The Morgan fingerprint density at radius 3 is 2.47 bits per heavy atom. The zero-order valence-corrected chi connectivity index (χ0v) is 18.7. The molecule has 3 rings (SSSR count). The van der Waals surface area contributed by atoms with Crippen molar-refractivity contribution < 1.29 is 18.8 Å². The fourth-order valence-corrected chi connectivity index (χ4v) is 3.61. The molecule has 2 N–H and O–H groups in total. The van der Waals surface area contributed by atoms with Crippen LogP contribution in [0.25, 0.3) is 0 Å². The predicted octanol–water partition coefficient (Wildman–Crippen LogP) is 3.77. The molecule has 3 aromatic rings. The van der Waals surface area contributed by atoms with Crippen molar-refractivity contribution in [2.24, 2.45) is 7.05 Å². The number of carbonyl (C=O) groups excluding carboxylic acids is 3. The molecule has 9 heteroatoms. The van der Waals surface area contributed by atoms with Crippen molar-refractivity contribution in [3.63, 3.8) is 0 Å². The number of hydrogen-bond donors (Lipinski definition) is 2. The number of carbonyl (C=O) groups is 3. The first-order valence-corrected chi connectivity index (χ1v) is 10.3. The number of ketones is 1. The topological polar surface area (TPSA) is 98.0 Å². The number of rotatable bonds is 7. The Hall–Kier alpha value is -3.75. The first kappa shape index (κ1) is 22.9. The van der Waals surface area contributed by atoms with Gasteiger partial charge >= 0.3 is 0 Å². The Labute approximate surface area is 185 Å². The highest BCUT2D eigenvalue weighted by Gasteiger charge is 2.29. The number of aryl methyl sites for hydroxylation is 2. The Balaban J connectivity index is 1.83. The highest BCUT2D eigenvalue weighted by atomic mass is 19.1. The lowest BCUT2D eigenvalue weighted by atomic mass is 10.1. The number of amides is 2. The number of hydrogen-bond acceptors (Lipinski definition) is 4. The van der Waals surface area contributed by atoms with Crippen LogP contribution >= 0.6 is 0 Å². The summed E-state index contributed by atoms with van der Waals surface area (Å²) in [5.74, 6) is -2.13. The maximum Gasteiger partial charge on any atom is 0.299 e. The average molecular weight is 439 g/mol. The largest absolute Gasteiger partial charge is 0.344 e. The Kier molecular flexibility index (Phi) is 6.57. The Morgan fingerprint density at radius 2 is 1.81 bits per heavy atom. The number of Topliss-reactive ketones (excluding diaryl/α,β-unsaturated/α-hetero) is 1. The van der Waals surface area contributed by atoms with Gasteiger partial charge in [-0.2, -0.15) is 5.10 Å². The molecule has 8 nitrogen and oxygen atoms in total. The molecule has 0 atom stereocenters. The monoisotopic (exact) mass is 439 g/mol. The number of halogens is 1. The van der Waals surface area contributed by atoms with Crippen LogP contribution < -0.4 is 10.6 Å². The number of anilines is 2. The van der Waals surface area contributed by atoms with E-state index in [0.717, 1.165) is 6.42 Å². The van der Waals surface area contributed by atoms with Crippen LogP contribution in [-0.2, 0) is 18.4 Å². The van der Waals surface area contributed by atoms with Crippen LogP contribution in [-0.4, -0.2) is 31.9 Å². The molecule has 32 heavy (non-hydrogen) atoms. The smallest absolute Gasteiger partial charge is 0.299 e. The lowest BCUT2D eigenvalue weighted by Crippen LogP contribution is -2.26. The van der Waals surface area contributed by atoms with Gasteiger partial charge < -0.3 is 15.2 Å². The van der Waals surface area contributed by atoms with Gasteiger partial charge in [-0.05, 0) is 56.5 Å². The third kappa shape index (κ3) is 4.46. The van der Waals surface area contributed by atoms with Crippen molar-refractivity contribution in [2.45, 2.75) is 40.7 Å². The van der Waals surface area contributed by atoms with Gasteiger partial charge in [0.1, 0.15) is 5.82 Å². The summed E-state index contributed by atoms with van der Waals surface area (Å²) in [7, 11) is 1.62. The van der Waals surface area contributed by atoms with Gasteiger partial charge in [0.2, 0.25) is 0 Å². The van der Waals surface area contributed by atoms with E-state index >= 15 is 0 Å². The SMILES string of the molecule is CCCn1ccc(NC(=O)C(=O)c2c(C)c(C(=O)Nc3ccc(F)c(C)c3)c(C)n2C)n1. The van der Waals surface area contributed by atoms with Gasteiger partial charge in [0, 0.05) is 37.2 Å². The summed E-state index contributed by atoms with van der Waals surface area (Å²) in [5, 5.41) is 9.45. The van der Waals surface area contributed by atoms with E-state index in [2.05, 4.69) is 15.7 Å². The van der Waals surface area contributed by atoms with Gasteiger partial charge in [0.25, 0.3) is 17.6 Å². The number of benzene rings is 1. The van der Waals surface area contributed by atoms with Crippen molar-refractivity contribution in [2.75, 3.05) is 10.6 Å². The van der Waals surface area contributed by atoms with E-state index in [1.807, 2.05) is 6.92 Å². The summed E-state index contributed by atoms with van der Waals surface area (Å²) in [5.41, 5.74) is 2.16. The molecule has 0 saturated heterocycles. The van der Waals surface area contributed by atoms with Crippen LogP contribution in [0.5, 0.6) is 0 Å². The van der Waals surface area contributed by atoms with Crippen LogP contribution in [0.4, 0.5) is 15.9 Å². The van der Waals surface area contributed by atoms with E-state index < -0.39 is 17.6 Å². The fourth-order valence-electron chi connectivity index (χ4n) is 3.61. The van der Waals surface area contributed by atoms with E-state index in [1.165, 1.54) is 22.8 Å². The lowest BCUT2D eigenvalue weighted by Gasteiger charge is -2.07. The minimum absolute atomic E-state index is 0.119. The normalized spacial score (nSPS) is 10.8. The van der Waals surface area contributed by atoms with Gasteiger partial charge in [0.05, 0.1) is 11.3 Å². The zero-order valence-electron chi connectivity index (χ0n) is 18.7. The van der Waals surface area contributed by atoms with Crippen molar-refractivity contribution in [3.05, 3.63) is 64.4 Å². The number of nitrogens with one attached hydrogen (secondary N) is 2. The van der Waals surface area contributed by atoms with Gasteiger partial charge in [-0.15, -0.1) is 0 Å². The molecule has 2 amide bonds.